The van der Waals surface area contributed by atoms with E-state index in [2.05, 4.69) is 104 Å². The number of hydrogen-bond acceptors (Lipinski definition) is 10. The first-order valence-corrected chi connectivity index (χ1v) is 24.8. The van der Waals surface area contributed by atoms with Gasteiger partial charge in [0.05, 0.1) is 0 Å². The molecular formula is C60H75N5O5. The van der Waals surface area contributed by atoms with Gasteiger partial charge in [-0.1, -0.05) is 104 Å². The maximum atomic E-state index is 12.0. The number of hydrogen-bond donors (Lipinski definition) is 5. The molecule has 370 valence electrons. The first-order chi connectivity index (χ1) is 32.7. The number of rotatable bonds is 10. The van der Waals surface area contributed by atoms with Crippen LogP contribution in [0, 0.1) is 0 Å². The van der Waals surface area contributed by atoms with Crippen molar-refractivity contribution in [2.45, 2.75) is 163 Å². The molecule has 0 radical (unpaired) electrons. The highest BCUT2D eigenvalue weighted by Gasteiger charge is 2.27. The highest BCUT2D eigenvalue weighted by molar-refractivity contribution is 5.97. The van der Waals surface area contributed by atoms with Crippen molar-refractivity contribution in [3.8, 4) is 28.7 Å². The van der Waals surface area contributed by atoms with E-state index in [9.17, 15) is 25.5 Å². The molecule has 10 heteroatoms. The van der Waals surface area contributed by atoms with Crippen LogP contribution >= 0.6 is 0 Å². The van der Waals surface area contributed by atoms with Gasteiger partial charge in [0.25, 0.3) is 0 Å². The molecule has 0 saturated carbocycles. The lowest BCUT2D eigenvalue weighted by Gasteiger charge is -2.25. The van der Waals surface area contributed by atoms with Crippen molar-refractivity contribution in [1.82, 2.24) is 0 Å². The molecule has 0 spiro atoms. The van der Waals surface area contributed by atoms with Gasteiger partial charge in [0.2, 0.25) is 0 Å². The molecule has 0 aromatic heterocycles. The normalized spacial score (nSPS) is 13.6. The Morgan fingerprint density at radius 2 is 0.414 bits per heavy atom. The largest absolute Gasteiger partial charge is 0.505 e. The third-order valence-electron chi connectivity index (χ3n) is 15.6. The molecule has 5 aromatic carbocycles. The van der Waals surface area contributed by atoms with Gasteiger partial charge in [-0.25, -0.2) is 0 Å². The Labute approximate surface area is 416 Å². The molecule has 0 aliphatic carbocycles. The summed E-state index contributed by atoms with van der Waals surface area (Å²) < 4.78 is 0. The predicted molar refractivity (Wildman–Crippen MR) is 293 cm³/mol. The number of nitrogens with zero attached hydrogens (tertiary/aromatic N) is 5. The maximum absolute atomic E-state index is 12.0. The van der Waals surface area contributed by atoms with Gasteiger partial charge in [0.15, 0.2) is 0 Å². The first-order valence-electron chi connectivity index (χ1n) is 24.8. The number of phenols is 5. The Balaban J connectivity index is 1.74. The second-order valence-corrected chi connectivity index (χ2v) is 22.1. The van der Waals surface area contributed by atoms with Gasteiger partial charge in [-0.3, -0.25) is 25.0 Å². The third kappa shape index (κ3) is 10.9. The first kappa shape index (κ1) is 52.8. The summed E-state index contributed by atoms with van der Waals surface area (Å²) in [6.07, 6.45) is 11.7. The summed E-state index contributed by atoms with van der Waals surface area (Å²) in [5.41, 5.74) is 6.31. The third-order valence-corrected chi connectivity index (χ3v) is 15.6. The summed E-state index contributed by atoms with van der Waals surface area (Å²) in [5.74, 6) is -0.626. The van der Waals surface area contributed by atoms with Crippen molar-refractivity contribution >= 4 is 59.5 Å². The Hall–Kier alpha value is -6.55. The molecule has 5 aromatic rings. The number of phenolic OH excluding ortho intramolecular Hbond substituents is 5. The summed E-state index contributed by atoms with van der Waals surface area (Å²) in [7, 11) is 0. The van der Waals surface area contributed by atoms with Crippen LogP contribution in [-0.4, -0.2) is 56.6 Å². The van der Waals surface area contributed by atoms with Gasteiger partial charge in [-0.15, -0.1) is 0 Å². The zero-order valence-corrected chi connectivity index (χ0v) is 44.2. The fraction of sp³-hybridized carbons (Fsp3) is 0.417. The summed E-state index contributed by atoms with van der Waals surface area (Å²) in [4.78, 5) is 24.2. The summed E-state index contributed by atoms with van der Waals surface area (Å²) in [6.45, 7) is 31.8. The van der Waals surface area contributed by atoms with E-state index >= 15 is 0 Å². The van der Waals surface area contributed by atoms with Gasteiger partial charge >= 0.3 is 0 Å². The maximum Gasteiger partial charge on any atom is 0.149 e. The molecule has 0 unspecified atom stereocenters. The van der Waals surface area contributed by atoms with Crippen molar-refractivity contribution in [3.05, 3.63) is 116 Å². The number of aromatic hydroxyl groups is 5. The quantitative estimate of drug-likeness (QED) is 0.0922. The Morgan fingerprint density at radius 1 is 0.271 bits per heavy atom. The van der Waals surface area contributed by atoms with Gasteiger partial charge in [-0.05, 0) is 148 Å². The van der Waals surface area contributed by atoms with Crippen LogP contribution in [-0.2, 0) is 27.1 Å². The minimum Gasteiger partial charge on any atom is -0.505 e. The predicted octanol–water partition coefficient (Wildman–Crippen LogP) is 15.7. The lowest BCUT2D eigenvalue weighted by Crippen LogP contribution is -2.16. The monoisotopic (exact) mass is 946 g/mol. The van der Waals surface area contributed by atoms with Crippen molar-refractivity contribution < 1.29 is 25.5 Å². The standard InChI is InChI=1S/C60H75N5O5/c1-16-56(6,7)41-21-36-31-62-47-27-43(58(10,11)18-3)23-38(53(47)68)33-64-49-29-45(60(14,15)20-5)25-40(55(49)70)35-65-50-30-44(59(12,13)19-4)24-39(54(50)69)34-63-48-28-42(57(8,9)17-2)22-37(52(48)67)32-61-46(26-41)51(36)66/h21-35,66-70H,16-20H2,1-15H3. The fourth-order valence-corrected chi connectivity index (χ4v) is 7.86. The molecule has 0 saturated heterocycles. The second kappa shape index (κ2) is 20.1. The topological polar surface area (TPSA) is 163 Å². The number of benzene rings is 5. The van der Waals surface area contributed by atoms with Crippen LogP contribution in [0.15, 0.2) is 85.6 Å². The minimum absolute atomic E-state index is 0.125. The second-order valence-electron chi connectivity index (χ2n) is 22.1. The Kier molecular flexibility index (Phi) is 15.1. The molecule has 0 amide bonds. The zero-order chi connectivity index (χ0) is 51.7. The summed E-state index contributed by atoms with van der Waals surface area (Å²) in [5, 5.41) is 59.9. The lowest BCUT2D eigenvalue weighted by molar-refractivity contribution is 0.470. The van der Waals surface area contributed by atoms with Gasteiger partial charge < -0.3 is 25.5 Å². The van der Waals surface area contributed by atoms with Crippen molar-refractivity contribution in [1.29, 1.82) is 0 Å². The van der Waals surface area contributed by atoms with Crippen LogP contribution in [0.25, 0.3) is 0 Å². The van der Waals surface area contributed by atoms with Crippen LogP contribution in [0.2, 0.25) is 0 Å². The molecule has 1 aliphatic heterocycles. The smallest absolute Gasteiger partial charge is 0.149 e. The van der Waals surface area contributed by atoms with Crippen LogP contribution in [0.1, 0.15) is 192 Å². The van der Waals surface area contributed by atoms with Crippen molar-refractivity contribution in [2.24, 2.45) is 25.0 Å². The summed E-state index contributed by atoms with van der Waals surface area (Å²) >= 11 is 0. The molecule has 1 aliphatic rings. The van der Waals surface area contributed by atoms with E-state index in [0.717, 1.165) is 59.9 Å². The van der Waals surface area contributed by atoms with E-state index in [4.69, 9.17) is 25.0 Å². The van der Waals surface area contributed by atoms with Gasteiger partial charge in [0, 0.05) is 58.9 Å². The van der Waals surface area contributed by atoms with Crippen molar-refractivity contribution in [2.75, 3.05) is 0 Å². The average molecular weight is 946 g/mol. The molecule has 10 nitrogen and oxygen atoms in total. The van der Waals surface area contributed by atoms with Crippen LogP contribution in [0.3, 0.4) is 0 Å². The average Bonchev–Trinajstić information content (AvgIpc) is 3.33. The number of aliphatic imine (C=N–C) groups is 5. The highest BCUT2D eigenvalue weighted by atomic mass is 16.3. The minimum atomic E-state index is -0.316. The Morgan fingerprint density at radius 3 is 0.543 bits per heavy atom. The molecule has 70 heavy (non-hydrogen) atoms. The molecule has 6 rings (SSSR count). The van der Waals surface area contributed by atoms with Gasteiger partial charge in [-0.2, -0.15) is 0 Å². The molecule has 0 fully saturated rings. The molecular weight excluding hydrogens is 871 g/mol. The highest BCUT2D eigenvalue weighted by Crippen LogP contribution is 2.44. The molecule has 0 atom stereocenters. The van der Waals surface area contributed by atoms with E-state index < -0.39 is 0 Å². The van der Waals surface area contributed by atoms with Crippen molar-refractivity contribution in [3.63, 3.8) is 0 Å². The van der Waals surface area contributed by atoms with Crippen LogP contribution < -0.4 is 0 Å². The molecule has 1 heterocycles. The van der Waals surface area contributed by atoms with E-state index in [1.165, 1.54) is 0 Å². The van der Waals surface area contributed by atoms with E-state index in [-0.39, 0.29) is 84.3 Å². The Bertz CT molecular complexity index is 2350. The van der Waals surface area contributed by atoms with Crippen LogP contribution in [0.5, 0.6) is 28.7 Å². The van der Waals surface area contributed by atoms with Gasteiger partial charge in [0.1, 0.15) is 57.2 Å². The van der Waals surface area contributed by atoms with E-state index in [1.54, 1.807) is 31.1 Å². The lowest BCUT2D eigenvalue weighted by atomic mass is 9.81. The van der Waals surface area contributed by atoms with E-state index in [0.29, 0.717) is 27.8 Å². The fourth-order valence-electron chi connectivity index (χ4n) is 7.86. The molecule has 10 bridgehead atoms. The SMILES string of the molecule is CCC(C)(C)c1cc2c(O)c(c1)N=Cc1cc(C(C)(C)CC)cc(c1O)N=Cc1cc(C(C)(C)CC)cc(c1O)N=Cc1cc(C(C)(C)CC)cc(c1O)N=Cc1cc(C(C)(C)CC)cc(c1O)N=C2. The van der Waals surface area contributed by atoms with Crippen LogP contribution in [0.4, 0.5) is 28.4 Å². The summed E-state index contributed by atoms with van der Waals surface area (Å²) in [6, 6.07) is 18.8. The molecule has 5 N–H and O–H groups in total. The zero-order valence-electron chi connectivity index (χ0n) is 44.2. The number of fused-ring (bicyclic) bond motifs is 10. The van der Waals surface area contributed by atoms with E-state index in [1.807, 2.05) is 60.7 Å².